The fourth-order valence-corrected chi connectivity index (χ4v) is 1.80. The van der Waals surface area contributed by atoms with Gasteiger partial charge in [-0.15, -0.1) is 0 Å². The highest BCUT2D eigenvalue weighted by Crippen LogP contribution is 2.31. The summed E-state index contributed by atoms with van der Waals surface area (Å²) in [5.41, 5.74) is 5.13. The van der Waals surface area contributed by atoms with Crippen molar-refractivity contribution >= 4 is 28.4 Å². The van der Waals surface area contributed by atoms with Crippen molar-refractivity contribution in [2.24, 2.45) is 5.73 Å². The van der Waals surface area contributed by atoms with Gasteiger partial charge in [-0.25, -0.2) is 8.78 Å². The Morgan fingerprint density at radius 3 is 2.69 bits per heavy atom. The third kappa shape index (κ3) is 1.36. The summed E-state index contributed by atoms with van der Waals surface area (Å²) in [7, 11) is 0. The van der Waals surface area contributed by atoms with E-state index >= 15 is 0 Å². The first-order valence-electron chi connectivity index (χ1n) is 4.39. The number of halogens is 3. The summed E-state index contributed by atoms with van der Waals surface area (Å²) in [5, 5.41) is 0.489. The zero-order valence-corrected chi connectivity index (χ0v) is 8.95. The summed E-state index contributed by atoms with van der Waals surface area (Å²) >= 11 is 5.87. The predicted molar refractivity (Wildman–Crippen MR) is 56.5 cm³/mol. The van der Waals surface area contributed by atoms with Crippen molar-refractivity contribution in [2.75, 3.05) is 0 Å². The van der Waals surface area contributed by atoms with E-state index in [0.29, 0.717) is 5.69 Å². The van der Waals surface area contributed by atoms with Gasteiger partial charge in [0.2, 0.25) is 0 Å². The lowest BCUT2D eigenvalue weighted by atomic mass is 10.1. The van der Waals surface area contributed by atoms with Crippen LogP contribution in [0.4, 0.5) is 8.78 Å². The third-order valence-corrected chi connectivity index (χ3v) is 2.83. The summed E-state index contributed by atoms with van der Waals surface area (Å²) in [6, 6.07) is 0.933. The highest BCUT2D eigenvalue weighted by molar-refractivity contribution is 6.36. The molecule has 2 aromatic rings. The largest absolute Gasteiger partial charge is 0.365 e. The molecule has 1 aromatic carbocycles. The minimum Gasteiger partial charge on any atom is -0.365 e. The molecule has 0 atom stereocenters. The fourth-order valence-electron chi connectivity index (χ4n) is 1.60. The molecule has 0 saturated heterocycles. The molecule has 0 aliphatic heterocycles. The van der Waals surface area contributed by atoms with Gasteiger partial charge in [-0.05, 0) is 13.0 Å². The maximum atomic E-state index is 13.4. The van der Waals surface area contributed by atoms with Crippen LogP contribution in [-0.4, -0.2) is 10.9 Å². The Balaban J connectivity index is 3.00. The lowest BCUT2D eigenvalue weighted by molar-refractivity contribution is 0.0997. The van der Waals surface area contributed by atoms with Crippen LogP contribution in [0.5, 0.6) is 0 Å². The van der Waals surface area contributed by atoms with Crippen LogP contribution in [0.1, 0.15) is 16.1 Å². The maximum absolute atomic E-state index is 13.4. The molecular formula is C10H7ClF2N2O. The molecule has 0 saturated carbocycles. The quantitative estimate of drug-likeness (QED) is 0.796. The van der Waals surface area contributed by atoms with Crippen molar-refractivity contribution in [1.29, 1.82) is 0 Å². The van der Waals surface area contributed by atoms with Crippen LogP contribution < -0.4 is 5.73 Å². The van der Waals surface area contributed by atoms with Crippen LogP contribution in [0.3, 0.4) is 0 Å². The van der Waals surface area contributed by atoms with Crippen LogP contribution in [0.15, 0.2) is 6.07 Å². The zero-order valence-electron chi connectivity index (χ0n) is 8.20. The number of primary amides is 1. The van der Waals surface area contributed by atoms with Gasteiger partial charge in [0.1, 0.15) is 5.56 Å². The SMILES string of the molecule is Cc1[nH]c2c(C(N)=O)c(F)c(F)cc2c1Cl. The van der Waals surface area contributed by atoms with Gasteiger partial charge in [-0.3, -0.25) is 4.79 Å². The number of nitrogens with one attached hydrogen (secondary N) is 1. The Kier molecular flexibility index (Phi) is 2.35. The minimum absolute atomic E-state index is 0.119. The summed E-state index contributed by atoms with van der Waals surface area (Å²) in [4.78, 5) is 13.8. The molecule has 2 rings (SSSR count). The van der Waals surface area contributed by atoms with E-state index in [4.69, 9.17) is 17.3 Å². The first-order chi connectivity index (χ1) is 7.43. The van der Waals surface area contributed by atoms with Gasteiger partial charge in [0.15, 0.2) is 11.6 Å². The van der Waals surface area contributed by atoms with Gasteiger partial charge >= 0.3 is 0 Å². The molecule has 0 aliphatic rings. The Labute approximate surface area is 94.2 Å². The topological polar surface area (TPSA) is 58.9 Å². The first kappa shape index (κ1) is 10.9. The van der Waals surface area contributed by atoms with E-state index in [9.17, 15) is 13.6 Å². The molecule has 0 aliphatic carbocycles. The molecule has 16 heavy (non-hydrogen) atoms. The molecule has 0 radical (unpaired) electrons. The average Bonchev–Trinajstić information content (AvgIpc) is 2.45. The molecule has 0 spiro atoms. The van der Waals surface area contributed by atoms with Gasteiger partial charge in [0.25, 0.3) is 5.91 Å². The molecule has 3 N–H and O–H groups in total. The molecule has 84 valence electrons. The number of hydrogen-bond donors (Lipinski definition) is 2. The third-order valence-electron chi connectivity index (χ3n) is 2.34. The zero-order chi connectivity index (χ0) is 12.0. The molecule has 0 bridgehead atoms. The second-order valence-electron chi connectivity index (χ2n) is 3.40. The smallest absolute Gasteiger partial charge is 0.253 e. The summed E-state index contributed by atoms with van der Waals surface area (Å²) < 4.78 is 26.6. The Morgan fingerprint density at radius 2 is 2.12 bits per heavy atom. The highest BCUT2D eigenvalue weighted by Gasteiger charge is 2.21. The number of hydrogen-bond acceptors (Lipinski definition) is 1. The Hall–Kier alpha value is -1.62. The van der Waals surface area contributed by atoms with E-state index in [-0.39, 0.29) is 15.9 Å². The molecule has 0 fully saturated rings. The predicted octanol–water partition coefficient (Wildman–Crippen LogP) is 2.51. The molecule has 3 nitrogen and oxygen atoms in total. The molecule has 1 amide bonds. The second kappa shape index (κ2) is 3.45. The monoisotopic (exact) mass is 244 g/mol. The first-order valence-corrected chi connectivity index (χ1v) is 4.77. The number of amides is 1. The van der Waals surface area contributed by atoms with Crippen LogP contribution >= 0.6 is 11.6 Å². The van der Waals surface area contributed by atoms with Gasteiger partial charge in [-0.2, -0.15) is 0 Å². The van der Waals surface area contributed by atoms with Crippen LogP contribution in [-0.2, 0) is 0 Å². The van der Waals surface area contributed by atoms with E-state index in [1.165, 1.54) is 0 Å². The number of rotatable bonds is 1. The average molecular weight is 245 g/mol. The Bertz CT molecular complexity index is 607. The van der Waals surface area contributed by atoms with Crippen molar-refractivity contribution in [1.82, 2.24) is 4.98 Å². The number of H-pyrrole nitrogens is 1. The summed E-state index contributed by atoms with van der Waals surface area (Å²) in [6.07, 6.45) is 0. The van der Waals surface area contributed by atoms with Crippen molar-refractivity contribution in [3.05, 3.63) is 34.0 Å². The lowest BCUT2D eigenvalue weighted by Crippen LogP contribution is -2.15. The van der Waals surface area contributed by atoms with Gasteiger partial charge in [0, 0.05) is 11.1 Å². The molecular weight excluding hydrogens is 238 g/mol. The van der Waals surface area contributed by atoms with Crippen LogP contribution in [0.25, 0.3) is 10.9 Å². The van der Waals surface area contributed by atoms with Crippen molar-refractivity contribution < 1.29 is 13.6 Å². The number of aromatic amines is 1. The normalized spacial score (nSPS) is 11.0. The van der Waals surface area contributed by atoms with E-state index in [1.807, 2.05) is 0 Å². The Morgan fingerprint density at radius 1 is 1.50 bits per heavy atom. The second-order valence-corrected chi connectivity index (χ2v) is 3.78. The lowest BCUT2D eigenvalue weighted by Gasteiger charge is -2.01. The fraction of sp³-hybridized carbons (Fsp3) is 0.100. The molecule has 1 aromatic heterocycles. The molecule has 0 unspecified atom stereocenters. The highest BCUT2D eigenvalue weighted by atomic mass is 35.5. The van der Waals surface area contributed by atoms with Gasteiger partial charge in [0.05, 0.1) is 10.5 Å². The van der Waals surface area contributed by atoms with Crippen LogP contribution in [0.2, 0.25) is 5.02 Å². The van der Waals surface area contributed by atoms with Gasteiger partial charge < -0.3 is 10.7 Å². The molecule has 6 heteroatoms. The maximum Gasteiger partial charge on any atom is 0.253 e. The summed E-state index contributed by atoms with van der Waals surface area (Å²) in [6.45, 7) is 1.63. The number of nitrogens with two attached hydrogens (primary N) is 1. The van der Waals surface area contributed by atoms with E-state index in [0.717, 1.165) is 6.07 Å². The van der Waals surface area contributed by atoms with E-state index < -0.39 is 23.1 Å². The van der Waals surface area contributed by atoms with Crippen molar-refractivity contribution in [2.45, 2.75) is 6.92 Å². The number of benzene rings is 1. The number of fused-ring (bicyclic) bond motifs is 1. The van der Waals surface area contributed by atoms with Crippen molar-refractivity contribution in [3.63, 3.8) is 0 Å². The van der Waals surface area contributed by atoms with E-state index in [2.05, 4.69) is 4.98 Å². The minimum atomic E-state index is -1.27. The van der Waals surface area contributed by atoms with Crippen LogP contribution in [0, 0.1) is 18.6 Å². The summed E-state index contributed by atoms with van der Waals surface area (Å²) in [5.74, 6) is -3.46. The molecule has 1 heterocycles. The number of aryl methyl sites for hydroxylation is 1. The number of carbonyl (C=O) groups excluding carboxylic acids is 1. The van der Waals surface area contributed by atoms with Gasteiger partial charge in [-0.1, -0.05) is 11.6 Å². The standard InChI is InChI=1S/C10H7ClF2N2O/c1-3-7(11)4-2-5(12)8(13)6(10(14)16)9(4)15-3/h2,15H,1H3,(H2,14,16). The van der Waals surface area contributed by atoms with Crippen molar-refractivity contribution in [3.8, 4) is 0 Å². The number of carbonyl (C=O) groups is 1. The number of aromatic nitrogens is 1. The van der Waals surface area contributed by atoms with E-state index in [1.54, 1.807) is 6.92 Å².